The van der Waals surface area contributed by atoms with Crippen LogP contribution in [0.15, 0.2) is 23.3 Å². The predicted octanol–water partition coefficient (Wildman–Crippen LogP) is 3.42. The van der Waals surface area contributed by atoms with Crippen LogP contribution in [0.25, 0.3) is 0 Å². The minimum Gasteiger partial charge on any atom is -0.382 e. The van der Waals surface area contributed by atoms with Crippen LogP contribution in [0.3, 0.4) is 0 Å². The van der Waals surface area contributed by atoms with Gasteiger partial charge in [-0.2, -0.15) is 0 Å². The van der Waals surface area contributed by atoms with Gasteiger partial charge >= 0.3 is 0 Å². The molecule has 0 spiro atoms. The van der Waals surface area contributed by atoms with Crippen LogP contribution in [0, 0.1) is 5.92 Å². The van der Waals surface area contributed by atoms with Crippen LogP contribution in [0.4, 0.5) is 5.82 Å². The van der Waals surface area contributed by atoms with Crippen LogP contribution in [-0.2, 0) is 11.3 Å². The van der Waals surface area contributed by atoms with E-state index in [9.17, 15) is 0 Å². The van der Waals surface area contributed by atoms with Crippen molar-refractivity contribution in [1.29, 1.82) is 0 Å². The van der Waals surface area contributed by atoms with E-state index in [4.69, 9.17) is 4.74 Å². The lowest BCUT2D eigenvalue weighted by Crippen LogP contribution is -2.38. The molecule has 27 heavy (non-hydrogen) atoms. The van der Waals surface area contributed by atoms with Gasteiger partial charge in [-0.15, -0.1) is 24.0 Å². The number of anilines is 1. The van der Waals surface area contributed by atoms with E-state index >= 15 is 0 Å². The highest BCUT2D eigenvalue weighted by Gasteiger charge is 2.16. The molecule has 0 bridgehead atoms. The summed E-state index contributed by atoms with van der Waals surface area (Å²) in [6.07, 6.45) is 5.45. The Bertz CT molecular complexity index is 530. The summed E-state index contributed by atoms with van der Waals surface area (Å²) in [5.41, 5.74) is 1.13. The molecule has 6 nitrogen and oxygen atoms in total. The maximum Gasteiger partial charge on any atom is 0.191 e. The van der Waals surface area contributed by atoms with Crippen molar-refractivity contribution in [2.24, 2.45) is 10.9 Å². The predicted molar refractivity (Wildman–Crippen MR) is 124 cm³/mol. The molecule has 0 amide bonds. The quantitative estimate of drug-likeness (QED) is 0.241. The minimum atomic E-state index is 0. The van der Waals surface area contributed by atoms with Crippen molar-refractivity contribution in [3.05, 3.63) is 23.9 Å². The minimum absolute atomic E-state index is 0. The standard InChI is InChI=1S/C20H35N5O.HI/c1-4-21-20(22-11-6-14-26-5-2)24-16-18-7-8-19(23-15-18)25-12-9-17(3)10-13-25;/h7-8,15,17H,4-6,9-14,16H2,1-3H3,(H2,21,22,24);1H. The van der Waals surface area contributed by atoms with Crippen molar-refractivity contribution in [2.45, 2.75) is 46.6 Å². The van der Waals surface area contributed by atoms with Gasteiger partial charge in [-0.3, -0.25) is 0 Å². The fourth-order valence-electron chi connectivity index (χ4n) is 2.97. The number of hydrogen-bond acceptors (Lipinski definition) is 4. The van der Waals surface area contributed by atoms with Gasteiger partial charge in [0.2, 0.25) is 0 Å². The topological polar surface area (TPSA) is 61.8 Å². The Hall–Kier alpha value is -1.09. The summed E-state index contributed by atoms with van der Waals surface area (Å²) in [6.45, 7) is 12.5. The monoisotopic (exact) mass is 489 g/mol. The van der Waals surface area contributed by atoms with Gasteiger partial charge in [0.1, 0.15) is 5.82 Å². The summed E-state index contributed by atoms with van der Waals surface area (Å²) < 4.78 is 5.36. The number of aromatic nitrogens is 1. The molecule has 2 heterocycles. The smallest absolute Gasteiger partial charge is 0.191 e. The maximum atomic E-state index is 5.36. The maximum absolute atomic E-state index is 5.36. The first-order valence-corrected chi connectivity index (χ1v) is 10.0. The fraction of sp³-hybridized carbons (Fsp3) is 0.700. The largest absolute Gasteiger partial charge is 0.382 e. The molecule has 1 aliphatic rings. The highest BCUT2D eigenvalue weighted by molar-refractivity contribution is 14.0. The molecule has 2 rings (SSSR count). The number of halogens is 1. The van der Waals surface area contributed by atoms with Crippen molar-refractivity contribution >= 4 is 35.8 Å². The van der Waals surface area contributed by atoms with Gasteiger partial charge in [-0.05, 0) is 50.7 Å². The zero-order valence-corrected chi connectivity index (χ0v) is 19.4. The van der Waals surface area contributed by atoms with Crippen LogP contribution < -0.4 is 15.5 Å². The van der Waals surface area contributed by atoms with Gasteiger partial charge in [0.25, 0.3) is 0 Å². The van der Waals surface area contributed by atoms with Crippen LogP contribution in [-0.4, -0.2) is 50.3 Å². The normalized spacial score (nSPS) is 15.4. The molecule has 7 heteroatoms. The first-order chi connectivity index (χ1) is 12.7. The molecule has 1 fully saturated rings. The van der Waals surface area contributed by atoms with E-state index in [1.54, 1.807) is 0 Å². The Balaban J connectivity index is 0.00000364. The Morgan fingerprint density at radius 3 is 2.67 bits per heavy atom. The summed E-state index contributed by atoms with van der Waals surface area (Å²) in [5.74, 6) is 2.77. The average Bonchev–Trinajstić information content (AvgIpc) is 2.67. The SMILES string of the molecule is CCNC(=NCc1ccc(N2CCC(C)CC2)nc1)NCCCOCC.I. The van der Waals surface area contributed by atoms with Crippen molar-refractivity contribution in [3.8, 4) is 0 Å². The third kappa shape index (κ3) is 9.10. The summed E-state index contributed by atoms with van der Waals surface area (Å²) >= 11 is 0. The number of rotatable bonds is 9. The molecule has 1 aliphatic heterocycles. The first-order valence-electron chi connectivity index (χ1n) is 10.0. The van der Waals surface area contributed by atoms with Gasteiger partial charge in [-0.25, -0.2) is 9.98 Å². The van der Waals surface area contributed by atoms with Crippen molar-refractivity contribution in [3.63, 3.8) is 0 Å². The van der Waals surface area contributed by atoms with E-state index in [-0.39, 0.29) is 24.0 Å². The molecule has 0 radical (unpaired) electrons. The molecule has 154 valence electrons. The van der Waals surface area contributed by atoms with Gasteiger partial charge in [0.15, 0.2) is 5.96 Å². The Morgan fingerprint density at radius 2 is 2.04 bits per heavy atom. The van der Waals surface area contributed by atoms with Crippen molar-refractivity contribution in [1.82, 2.24) is 15.6 Å². The molecule has 1 saturated heterocycles. The lowest BCUT2D eigenvalue weighted by Gasteiger charge is -2.31. The van der Waals surface area contributed by atoms with E-state index < -0.39 is 0 Å². The van der Waals surface area contributed by atoms with E-state index in [0.29, 0.717) is 6.54 Å². The number of guanidine groups is 1. The third-order valence-electron chi connectivity index (χ3n) is 4.64. The van der Waals surface area contributed by atoms with Gasteiger partial charge in [-0.1, -0.05) is 13.0 Å². The number of ether oxygens (including phenoxy) is 1. The molecule has 1 aromatic rings. The van der Waals surface area contributed by atoms with Crippen molar-refractivity contribution in [2.75, 3.05) is 44.3 Å². The Morgan fingerprint density at radius 1 is 1.26 bits per heavy atom. The van der Waals surface area contributed by atoms with Crippen molar-refractivity contribution < 1.29 is 4.74 Å². The summed E-state index contributed by atoms with van der Waals surface area (Å²) in [4.78, 5) is 11.7. The second kappa shape index (κ2) is 14.0. The van der Waals surface area contributed by atoms with E-state index in [2.05, 4.69) is 51.5 Å². The van der Waals surface area contributed by atoms with Crippen LogP contribution in [0.5, 0.6) is 0 Å². The number of nitrogens with one attached hydrogen (secondary N) is 2. The van der Waals surface area contributed by atoms with E-state index in [1.165, 1.54) is 12.8 Å². The highest BCUT2D eigenvalue weighted by Crippen LogP contribution is 2.21. The van der Waals surface area contributed by atoms with Crippen LogP contribution in [0.1, 0.15) is 45.6 Å². The molecule has 0 saturated carbocycles. The average molecular weight is 489 g/mol. The van der Waals surface area contributed by atoms with Gasteiger partial charge < -0.3 is 20.3 Å². The lowest BCUT2D eigenvalue weighted by molar-refractivity contribution is 0.145. The molecule has 2 N–H and O–H groups in total. The van der Waals surface area contributed by atoms with Gasteiger partial charge in [0.05, 0.1) is 6.54 Å². The number of pyridine rings is 1. The fourth-order valence-corrected chi connectivity index (χ4v) is 2.97. The zero-order valence-electron chi connectivity index (χ0n) is 17.0. The van der Waals surface area contributed by atoms with Crippen LogP contribution >= 0.6 is 24.0 Å². The molecule has 0 unspecified atom stereocenters. The summed E-state index contributed by atoms with van der Waals surface area (Å²) in [7, 11) is 0. The zero-order chi connectivity index (χ0) is 18.6. The molecular formula is C20H36IN5O. The first kappa shape index (κ1) is 23.9. The number of aliphatic imine (C=N–C) groups is 1. The molecule has 0 aromatic carbocycles. The number of hydrogen-bond donors (Lipinski definition) is 2. The lowest BCUT2D eigenvalue weighted by atomic mass is 9.99. The highest BCUT2D eigenvalue weighted by atomic mass is 127. The second-order valence-electron chi connectivity index (χ2n) is 6.87. The molecular weight excluding hydrogens is 453 g/mol. The molecule has 0 aliphatic carbocycles. The van der Waals surface area contributed by atoms with E-state index in [1.807, 2.05) is 13.1 Å². The molecule has 1 aromatic heterocycles. The van der Waals surface area contributed by atoms with E-state index in [0.717, 1.165) is 69.1 Å². The Kier molecular flexibility index (Phi) is 12.4. The number of nitrogens with zero attached hydrogens (tertiary/aromatic N) is 3. The third-order valence-corrected chi connectivity index (χ3v) is 4.64. The summed E-state index contributed by atoms with van der Waals surface area (Å²) in [6, 6.07) is 4.27. The number of piperidine rings is 1. The van der Waals surface area contributed by atoms with Crippen LogP contribution in [0.2, 0.25) is 0 Å². The van der Waals surface area contributed by atoms with Gasteiger partial charge in [0, 0.05) is 45.6 Å². The second-order valence-corrected chi connectivity index (χ2v) is 6.87. The molecule has 0 atom stereocenters. The Labute approximate surface area is 181 Å². The summed E-state index contributed by atoms with van der Waals surface area (Å²) in [5, 5.41) is 6.63.